The number of ether oxygens (including phenoxy) is 1. The SMILES string of the molecule is [NH3+]OC(=O)[C@H]1O[C@H](O)[C@H](O)[C@@H](O)[C@@H]1O. The van der Waals surface area contributed by atoms with Crippen molar-refractivity contribution in [1.29, 1.82) is 0 Å². The van der Waals surface area contributed by atoms with Crippen LogP contribution < -0.4 is 5.90 Å². The maximum Gasteiger partial charge on any atom is 0.397 e. The minimum Gasteiger partial charge on any atom is -0.387 e. The van der Waals surface area contributed by atoms with Crippen LogP contribution >= 0.6 is 0 Å². The molecule has 0 bridgehead atoms. The van der Waals surface area contributed by atoms with E-state index in [9.17, 15) is 9.90 Å². The molecule has 0 aromatic rings. The third kappa shape index (κ3) is 1.85. The Labute approximate surface area is 78.4 Å². The Kier molecular flexibility index (Phi) is 3.37. The number of quaternary nitrogens is 1. The van der Waals surface area contributed by atoms with Gasteiger partial charge in [0, 0.05) is 0 Å². The molecule has 0 spiro atoms. The molecule has 1 fully saturated rings. The molecule has 0 aromatic heterocycles. The Balaban J connectivity index is 2.75. The predicted molar refractivity (Wildman–Crippen MR) is 37.9 cm³/mol. The molecule has 1 rings (SSSR count). The summed E-state index contributed by atoms with van der Waals surface area (Å²) in [6, 6.07) is 0. The first-order chi connectivity index (χ1) is 6.49. The fourth-order valence-electron chi connectivity index (χ4n) is 1.14. The Morgan fingerprint density at radius 3 is 2.21 bits per heavy atom. The van der Waals surface area contributed by atoms with Crippen molar-refractivity contribution in [3.8, 4) is 0 Å². The fraction of sp³-hybridized carbons (Fsp3) is 0.833. The first-order valence-corrected chi connectivity index (χ1v) is 3.82. The summed E-state index contributed by atoms with van der Waals surface area (Å²) in [6.07, 6.45) is -8.32. The minimum absolute atomic E-state index is 1.04. The average Bonchev–Trinajstić information content (AvgIpc) is 2.19. The molecule has 8 nitrogen and oxygen atoms in total. The zero-order chi connectivity index (χ0) is 10.9. The largest absolute Gasteiger partial charge is 0.397 e. The highest BCUT2D eigenvalue weighted by atomic mass is 16.7. The minimum atomic E-state index is -1.75. The van der Waals surface area contributed by atoms with Gasteiger partial charge in [-0.3, -0.25) is 4.84 Å². The zero-order valence-corrected chi connectivity index (χ0v) is 7.11. The lowest BCUT2D eigenvalue weighted by Crippen LogP contribution is -2.63. The van der Waals surface area contributed by atoms with Gasteiger partial charge < -0.3 is 25.2 Å². The molecule has 1 saturated heterocycles. The van der Waals surface area contributed by atoms with E-state index in [-0.39, 0.29) is 0 Å². The summed E-state index contributed by atoms with van der Waals surface area (Å²) in [4.78, 5) is 14.9. The lowest BCUT2D eigenvalue weighted by Gasteiger charge is -2.36. The van der Waals surface area contributed by atoms with Gasteiger partial charge in [-0.2, -0.15) is 5.90 Å². The van der Waals surface area contributed by atoms with E-state index in [0.29, 0.717) is 0 Å². The lowest BCUT2D eigenvalue weighted by atomic mass is 9.99. The first kappa shape index (κ1) is 11.3. The topological polar surface area (TPSA) is 144 Å². The molecule has 8 heteroatoms. The molecule has 7 N–H and O–H groups in total. The second-order valence-electron chi connectivity index (χ2n) is 2.88. The van der Waals surface area contributed by atoms with Crippen molar-refractivity contribution < 1.29 is 40.7 Å². The Morgan fingerprint density at radius 1 is 1.14 bits per heavy atom. The van der Waals surface area contributed by atoms with Crippen molar-refractivity contribution in [3.05, 3.63) is 0 Å². The average molecular weight is 210 g/mol. The molecular formula is C6H12NO7+. The lowest BCUT2D eigenvalue weighted by molar-refractivity contribution is -0.658. The summed E-state index contributed by atoms with van der Waals surface area (Å²) in [6.45, 7) is 0. The smallest absolute Gasteiger partial charge is 0.387 e. The molecule has 82 valence electrons. The fourth-order valence-corrected chi connectivity index (χ4v) is 1.14. The van der Waals surface area contributed by atoms with Crippen molar-refractivity contribution in [1.82, 2.24) is 0 Å². The molecule has 0 aliphatic carbocycles. The van der Waals surface area contributed by atoms with Crippen LogP contribution in [0.4, 0.5) is 0 Å². The van der Waals surface area contributed by atoms with E-state index in [0.717, 1.165) is 0 Å². The number of hydrogen-bond acceptors (Lipinski definition) is 7. The van der Waals surface area contributed by atoms with Crippen LogP contribution in [-0.2, 0) is 14.4 Å². The second-order valence-corrected chi connectivity index (χ2v) is 2.88. The highest BCUT2D eigenvalue weighted by Crippen LogP contribution is 2.20. The molecule has 0 amide bonds. The zero-order valence-electron chi connectivity index (χ0n) is 7.11. The second kappa shape index (κ2) is 4.17. The number of carbonyl (C=O) groups excluding carboxylic acids is 1. The van der Waals surface area contributed by atoms with E-state index in [2.05, 4.69) is 15.5 Å². The van der Waals surface area contributed by atoms with Gasteiger partial charge in [-0.25, -0.2) is 4.79 Å². The van der Waals surface area contributed by atoms with Gasteiger partial charge in [0.25, 0.3) is 0 Å². The van der Waals surface area contributed by atoms with Crippen LogP contribution in [0.2, 0.25) is 0 Å². The molecular weight excluding hydrogens is 198 g/mol. The summed E-state index contributed by atoms with van der Waals surface area (Å²) in [7, 11) is 0. The Hall–Kier alpha value is -0.770. The molecule has 0 unspecified atom stereocenters. The van der Waals surface area contributed by atoms with Gasteiger partial charge in [0.2, 0.25) is 0 Å². The molecule has 1 aliphatic heterocycles. The van der Waals surface area contributed by atoms with Crippen LogP contribution in [-0.4, -0.2) is 57.1 Å². The van der Waals surface area contributed by atoms with Crippen molar-refractivity contribution in [2.24, 2.45) is 0 Å². The van der Waals surface area contributed by atoms with E-state index in [1.807, 2.05) is 0 Å². The van der Waals surface area contributed by atoms with Gasteiger partial charge in [0.05, 0.1) is 0 Å². The summed E-state index contributed by atoms with van der Waals surface area (Å²) in [5.74, 6) is 1.76. The first-order valence-electron chi connectivity index (χ1n) is 3.82. The Morgan fingerprint density at radius 2 is 1.71 bits per heavy atom. The number of aliphatic hydroxyl groups is 4. The van der Waals surface area contributed by atoms with E-state index < -0.39 is 36.7 Å². The van der Waals surface area contributed by atoms with Gasteiger partial charge in [-0.05, 0) is 0 Å². The third-order valence-corrected chi connectivity index (χ3v) is 1.96. The molecule has 0 saturated carbocycles. The maximum absolute atomic E-state index is 10.9. The molecule has 1 heterocycles. The number of hydrogen-bond donors (Lipinski definition) is 5. The van der Waals surface area contributed by atoms with E-state index in [1.54, 1.807) is 0 Å². The van der Waals surface area contributed by atoms with Gasteiger partial charge >= 0.3 is 5.97 Å². The van der Waals surface area contributed by atoms with Crippen LogP contribution in [0.15, 0.2) is 0 Å². The molecule has 1 aliphatic rings. The van der Waals surface area contributed by atoms with Gasteiger partial charge in [-0.1, -0.05) is 0 Å². The summed E-state index contributed by atoms with van der Waals surface area (Å²) >= 11 is 0. The number of rotatable bonds is 1. The molecule has 0 radical (unpaired) electrons. The number of aliphatic hydroxyl groups excluding tert-OH is 4. The van der Waals surface area contributed by atoms with Crippen LogP contribution in [0.25, 0.3) is 0 Å². The monoisotopic (exact) mass is 210 g/mol. The Bertz CT molecular complexity index is 222. The van der Waals surface area contributed by atoms with Crippen LogP contribution in [0.5, 0.6) is 0 Å². The summed E-state index contributed by atoms with van der Waals surface area (Å²) < 4.78 is 4.51. The predicted octanol–water partition coefficient (Wildman–Crippen LogP) is -4.51. The van der Waals surface area contributed by atoms with Crippen LogP contribution in [0, 0.1) is 0 Å². The van der Waals surface area contributed by atoms with Crippen molar-refractivity contribution in [2.45, 2.75) is 30.7 Å². The normalized spacial score (nSPS) is 43.4. The highest BCUT2D eigenvalue weighted by molar-refractivity contribution is 5.75. The van der Waals surface area contributed by atoms with E-state index in [4.69, 9.17) is 15.3 Å². The number of carbonyl (C=O) groups is 1. The van der Waals surface area contributed by atoms with Crippen molar-refractivity contribution in [2.75, 3.05) is 0 Å². The van der Waals surface area contributed by atoms with Gasteiger partial charge in [0.15, 0.2) is 12.4 Å². The highest BCUT2D eigenvalue weighted by Gasteiger charge is 2.47. The maximum atomic E-state index is 10.9. The molecule has 14 heavy (non-hydrogen) atoms. The molecule has 5 atom stereocenters. The summed E-state index contributed by atoms with van der Waals surface area (Å²) in [5.41, 5.74) is 0. The van der Waals surface area contributed by atoms with Gasteiger partial charge in [-0.15, -0.1) is 0 Å². The van der Waals surface area contributed by atoms with Gasteiger partial charge in [0.1, 0.15) is 18.3 Å². The van der Waals surface area contributed by atoms with Crippen molar-refractivity contribution in [3.63, 3.8) is 0 Å². The quantitative estimate of drug-likeness (QED) is 0.274. The van der Waals surface area contributed by atoms with Crippen molar-refractivity contribution >= 4 is 5.97 Å². The molecule has 0 aromatic carbocycles. The third-order valence-electron chi connectivity index (χ3n) is 1.96. The summed E-state index contributed by atoms with van der Waals surface area (Å²) in [5, 5.41) is 36.5. The standard InChI is InChI=1S/C6H12NO7/c7-14-6(12)4-2(9)1(8)3(10)5(11)13-4/h1-5,8-11H,7H3/q+1/t1-,2-,3+,4-,5-/m0/s1. The van der Waals surface area contributed by atoms with Crippen LogP contribution in [0.1, 0.15) is 0 Å². The van der Waals surface area contributed by atoms with E-state index >= 15 is 0 Å². The van der Waals surface area contributed by atoms with Crippen LogP contribution in [0.3, 0.4) is 0 Å². The van der Waals surface area contributed by atoms with E-state index in [1.165, 1.54) is 0 Å².